The summed E-state index contributed by atoms with van der Waals surface area (Å²) in [5, 5.41) is 5.47. The van der Waals surface area contributed by atoms with Crippen molar-refractivity contribution in [3.8, 4) is 17.1 Å². The first kappa shape index (κ1) is 20.0. The zero-order chi connectivity index (χ0) is 21.6. The van der Waals surface area contributed by atoms with E-state index in [-0.39, 0.29) is 11.5 Å². The van der Waals surface area contributed by atoms with E-state index in [2.05, 4.69) is 23.9 Å². The highest BCUT2D eigenvalue weighted by atomic mass is 19.1. The zero-order valence-electron chi connectivity index (χ0n) is 17.9. The molecule has 0 atom stereocenters. The fraction of sp³-hybridized carbons (Fsp3) is 0.292. The van der Waals surface area contributed by atoms with Gasteiger partial charge in [-0.2, -0.15) is 5.10 Å². The minimum atomic E-state index is -0.495. The summed E-state index contributed by atoms with van der Waals surface area (Å²) in [7, 11) is 1.80. The second kappa shape index (κ2) is 7.52. The number of fused-ring (bicyclic) bond motifs is 1. The predicted octanol–water partition coefficient (Wildman–Crippen LogP) is 4.92. The minimum absolute atomic E-state index is 0.143. The number of pyridine rings is 1. The van der Waals surface area contributed by atoms with Gasteiger partial charge in [0.15, 0.2) is 5.82 Å². The first-order chi connectivity index (χ1) is 14.3. The third-order valence-electron chi connectivity index (χ3n) is 5.54. The van der Waals surface area contributed by atoms with Crippen molar-refractivity contribution in [2.45, 2.75) is 40.0 Å². The summed E-state index contributed by atoms with van der Waals surface area (Å²) in [6.45, 7) is 8.08. The molecule has 0 spiro atoms. The fourth-order valence-corrected chi connectivity index (χ4v) is 3.87. The summed E-state index contributed by atoms with van der Waals surface area (Å²) in [4.78, 5) is 17.8. The number of benzene rings is 2. The monoisotopic (exact) mass is 404 g/mol. The van der Waals surface area contributed by atoms with Gasteiger partial charge in [-0.1, -0.05) is 39.0 Å². The van der Waals surface area contributed by atoms with E-state index in [4.69, 9.17) is 0 Å². The number of hydrogen-bond donors (Lipinski definition) is 0. The van der Waals surface area contributed by atoms with E-state index in [0.29, 0.717) is 23.2 Å². The highest BCUT2D eigenvalue weighted by Crippen LogP contribution is 2.30. The molecule has 0 N–H and O–H groups in total. The molecule has 0 saturated carbocycles. The molecule has 5 nitrogen and oxygen atoms in total. The average molecular weight is 404 g/mol. The molecule has 4 aromatic rings. The maximum atomic E-state index is 15.1. The molecule has 0 aliphatic heterocycles. The van der Waals surface area contributed by atoms with Crippen LogP contribution in [0.15, 0.2) is 47.4 Å². The molecule has 0 aliphatic carbocycles. The van der Waals surface area contributed by atoms with Gasteiger partial charge in [0.25, 0.3) is 5.56 Å². The topological polar surface area (TPSA) is 52.7 Å². The molecule has 2 heterocycles. The highest BCUT2D eigenvalue weighted by Gasteiger charge is 2.19. The van der Waals surface area contributed by atoms with Gasteiger partial charge >= 0.3 is 0 Å². The number of para-hydroxylation sites is 1. The van der Waals surface area contributed by atoms with Gasteiger partial charge in [0, 0.05) is 19.7 Å². The third kappa shape index (κ3) is 3.22. The number of halogens is 1. The summed E-state index contributed by atoms with van der Waals surface area (Å²) in [6, 6.07) is 10.7. The molecule has 0 unspecified atom stereocenters. The minimum Gasteiger partial charge on any atom is -0.283 e. The molecular formula is C24H25FN4O. The molecular weight excluding hydrogens is 379 g/mol. The van der Waals surface area contributed by atoms with Gasteiger partial charge in [0.05, 0.1) is 16.6 Å². The fourth-order valence-electron chi connectivity index (χ4n) is 3.87. The van der Waals surface area contributed by atoms with Crippen molar-refractivity contribution in [3.05, 3.63) is 75.7 Å². The van der Waals surface area contributed by atoms with Crippen molar-refractivity contribution in [1.82, 2.24) is 19.3 Å². The van der Waals surface area contributed by atoms with E-state index in [1.54, 1.807) is 22.4 Å². The van der Waals surface area contributed by atoms with E-state index in [0.717, 1.165) is 28.0 Å². The molecule has 0 amide bonds. The van der Waals surface area contributed by atoms with Crippen LogP contribution in [0, 0.1) is 12.7 Å². The van der Waals surface area contributed by atoms with Crippen LogP contribution < -0.4 is 5.56 Å². The molecule has 0 aliphatic rings. The Balaban J connectivity index is 2.03. The van der Waals surface area contributed by atoms with Crippen molar-refractivity contribution in [2.24, 2.45) is 7.05 Å². The summed E-state index contributed by atoms with van der Waals surface area (Å²) < 4.78 is 18.4. The molecule has 0 fully saturated rings. The average Bonchev–Trinajstić information content (AvgIpc) is 3.09. The van der Waals surface area contributed by atoms with Gasteiger partial charge in [-0.25, -0.2) is 9.37 Å². The van der Waals surface area contributed by atoms with Crippen LogP contribution >= 0.6 is 0 Å². The smallest absolute Gasteiger partial charge is 0.263 e. The van der Waals surface area contributed by atoms with Gasteiger partial charge in [0.1, 0.15) is 11.6 Å². The first-order valence-corrected chi connectivity index (χ1v) is 10.2. The van der Waals surface area contributed by atoms with Crippen LogP contribution in [0.3, 0.4) is 0 Å². The molecule has 4 rings (SSSR count). The Hall–Kier alpha value is -3.28. The number of aryl methyl sites for hydroxylation is 3. The lowest BCUT2D eigenvalue weighted by Gasteiger charge is -2.17. The molecule has 2 aromatic heterocycles. The zero-order valence-corrected chi connectivity index (χ0v) is 17.9. The number of rotatable bonds is 4. The van der Waals surface area contributed by atoms with E-state index in [9.17, 15) is 4.79 Å². The Morgan fingerprint density at radius 3 is 2.50 bits per heavy atom. The maximum absolute atomic E-state index is 15.1. The second-order valence-corrected chi connectivity index (χ2v) is 7.91. The Bertz CT molecular complexity index is 1320. The van der Waals surface area contributed by atoms with Crippen LogP contribution in [0.25, 0.3) is 27.8 Å². The van der Waals surface area contributed by atoms with Crippen LogP contribution in [0.5, 0.6) is 0 Å². The van der Waals surface area contributed by atoms with Crippen molar-refractivity contribution >= 4 is 10.8 Å². The van der Waals surface area contributed by atoms with Crippen LogP contribution in [-0.4, -0.2) is 19.3 Å². The van der Waals surface area contributed by atoms with Crippen molar-refractivity contribution < 1.29 is 4.39 Å². The Morgan fingerprint density at radius 2 is 1.87 bits per heavy atom. The maximum Gasteiger partial charge on any atom is 0.263 e. The van der Waals surface area contributed by atoms with E-state index in [1.165, 1.54) is 6.07 Å². The number of nitrogens with zero attached hydrogens (tertiary/aromatic N) is 4. The van der Waals surface area contributed by atoms with E-state index in [1.807, 2.05) is 44.3 Å². The van der Waals surface area contributed by atoms with Crippen LogP contribution in [-0.2, 0) is 13.5 Å². The quantitative estimate of drug-likeness (QED) is 0.485. The molecule has 0 saturated heterocycles. The van der Waals surface area contributed by atoms with Gasteiger partial charge < -0.3 is 0 Å². The number of hydrogen-bond acceptors (Lipinski definition) is 3. The van der Waals surface area contributed by atoms with Gasteiger partial charge in [-0.3, -0.25) is 14.0 Å². The van der Waals surface area contributed by atoms with Crippen LogP contribution in [0.1, 0.15) is 43.6 Å². The SMILES string of the molecule is CCc1nc(-c2cc3c(C(C)C)cn(-c4ccccc4C)c(=O)c3cc2F)nn1C. The first-order valence-electron chi connectivity index (χ1n) is 10.2. The largest absolute Gasteiger partial charge is 0.283 e. The van der Waals surface area contributed by atoms with Crippen LogP contribution in [0.2, 0.25) is 0 Å². The standard InChI is InChI=1S/C24H25FN4O/c1-6-22-26-23(27-28(22)5)18-11-16-17(12-20(18)25)24(30)29(13-19(16)14(2)3)21-10-8-7-9-15(21)4/h7-14H,6H2,1-5H3. The third-order valence-corrected chi connectivity index (χ3v) is 5.54. The van der Waals surface area contributed by atoms with Crippen molar-refractivity contribution in [2.75, 3.05) is 0 Å². The summed E-state index contributed by atoms with van der Waals surface area (Å²) >= 11 is 0. The van der Waals surface area contributed by atoms with Gasteiger partial charge in [-0.15, -0.1) is 0 Å². The molecule has 2 aromatic carbocycles. The normalized spacial score (nSPS) is 11.6. The second-order valence-electron chi connectivity index (χ2n) is 7.91. The lowest BCUT2D eigenvalue weighted by Crippen LogP contribution is -2.20. The lowest BCUT2D eigenvalue weighted by atomic mass is 9.96. The summed E-state index contributed by atoms with van der Waals surface area (Å²) in [6.07, 6.45) is 2.58. The molecule has 154 valence electrons. The lowest BCUT2D eigenvalue weighted by molar-refractivity contribution is 0.631. The van der Waals surface area contributed by atoms with E-state index >= 15 is 4.39 Å². The number of aromatic nitrogens is 4. The van der Waals surface area contributed by atoms with Crippen molar-refractivity contribution in [1.29, 1.82) is 0 Å². The Labute approximate surface area is 174 Å². The van der Waals surface area contributed by atoms with Gasteiger partial charge in [-0.05, 0) is 47.6 Å². The Morgan fingerprint density at radius 1 is 1.13 bits per heavy atom. The summed E-state index contributed by atoms with van der Waals surface area (Å²) in [5.41, 5.74) is 2.83. The Kier molecular flexibility index (Phi) is 5.02. The van der Waals surface area contributed by atoms with Crippen molar-refractivity contribution in [3.63, 3.8) is 0 Å². The molecule has 6 heteroatoms. The molecule has 0 radical (unpaired) electrons. The summed E-state index contributed by atoms with van der Waals surface area (Å²) in [5.74, 6) is 0.768. The molecule has 30 heavy (non-hydrogen) atoms. The molecule has 0 bridgehead atoms. The van der Waals surface area contributed by atoms with Gasteiger partial charge in [0.2, 0.25) is 0 Å². The predicted molar refractivity (Wildman–Crippen MR) is 118 cm³/mol. The van der Waals surface area contributed by atoms with Crippen LogP contribution in [0.4, 0.5) is 4.39 Å². The highest BCUT2D eigenvalue weighted by molar-refractivity contribution is 5.89. The van der Waals surface area contributed by atoms with E-state index < -0.39 is 5.82 Å².